The molecule has 1 atom stereocenters. The van der Waals surface area contributed by atoms with Crippen molar-refractivity contribution >= 4 is 5.97 Å². The van der Waals surface area contributed by atoms with Crippen molar-refractivity contribution in [3.05, 3.63) is 35.9 Å². The van der Waals surface area contributed by atoms with Gasteiger partial charge in [-0.15, -0.1) is 0 Å². The maximum atomic E-state index is 10.8. The standard InChI is InChI=1S/C11H14O3/c1-2-11(13)14-8-10(12)9-6-4-3-5-7-9/h3-7,10,12H,2,8H2,1H3/t10-/m0/s1. The summed E-state index contributed by atoms with van der Waals surface area (Å²) < 4.78 is 4.82. The molecule has 0 unspecified atom stereocenters. The van der Waals surface area contributed by atoms with Crippen molar-refractivity contribution < 1.29 is 14.6 Å². The summed E-state index contributed by atoms with van der Waals surface area (Å²) in [4.78, 5) is 10.8. The van der Waals surface area contributed by atoms with E-state index in [4.69, 9.17) is 4.74 Å². The number of ether oxygens (including phenoxy) is 1. The number of esters is 1. The van der Waals surface area contributed by atoms with Gasteiger partial charge in [0.25, 0.3) is 0 Å². The van der Waals surface area contributed by atoms with E-state index in [1.165, 1.54) is 0 Å². The van der Waals surface area contributed by atoms with Crippen molar-refractivity contribution in [1.82, 2.24) is 0 Å². The highest BCUT2D eigenvalue weighted by Crippen LogP contribution is 2.12. The molecule has 0 saturated heterocycles. The lowest BCUT2D eigenvalue weighted by Crippen LogP contribution is -2.11. The van der Waals surface area contributed by atoms with E-state index >= 15 is 0 Å². The van der Waals surface area contributed by atoms with Crippen LogP contribution in [-0.4, -0.2) is 17.7 Å². The van der Waals surface area contributed by atoms with Crippen LogP contribution in [0.1, 0.15) is 25.0 Å². The number of hydrogen-bond donors (Lipinski definition) is 1. The average molecular weight is 194 g/mol. The number of aliphatic hydroxyl groups is 1. The van der Waals surface area contributed by atoms with E-state index < -0.39 is 6.10 Å². The Morgan fingerprint density at radius 3 is 2.64 bits per heavy atom. The van der Waals surface area contributed by atoms with Gasteiger partial charge in [-0.3, -0.25) is 4.79 Å². The van der Waals surface area contributed by atoms with Crippen LogP contribution < -0.4 is 0 Å². The fraction of sp³-hybridized carbons (Fsp3) is 0.364. The Kier molecular flexibility index (Phi) is 4.13. The minimum absolute atomic E-state index is 0.0245. The zero-order valence-electron chi connectivity index (χ0n) is 8.14. The first-order valence-electron chi connectivity index (χ1n) is 4.62. The molecule has 0 radical (unpaired) electrons. The Morgan fingerprint density at radius 2 is 2.07 bits per heavy atom. The topological polar surface area (TPSA) is 46.5 Å². The summed E-state index contributed by atoms with van der Waals surface area (Å²) in [5, 5.41) is 9.59. The van der Waals surface area contributed by atoms with Gasteiger partial charge in [0, 0.05) is 6.42 Å². The number of carbonyl (C=O) groups is 1. The highest BCUT2D eigenvalue weighted by atomic mass is 16.5. The van der Waals surface area contributed by atoms with Crippen molar-refractivity contribution in [2.24, 2.45) is 0 Å². The third kappa shape index (κ3) is 3.18. The van der Waals surface area contributed by atoms with Crippen molar-refractivity contribution in [2.75, 3.05) is 6.61 Å². The van der Waals surface area contributed by atoms with Crippen LogP contribution in [0.3, 0.4) is 0 Å². The third-order valence-corrected chi connectivity index (χ3v) is 1.88. The Hall–Kier alpha value is -1.35. The quantitative estimate of drug-likeness (QED) is 0.742. The molecule has 1 aromatic rings. The normalized spacial score (nSPS) is 12.1. The van der Waals surface area contributed by atoms with Gasteiger partial charge in [-0.2, -0.15) is 0 Å². The molecule has 0 aromatic heterocycles. The second kappa shape index (κ2) is 5.40. The zero-order valence-corrected chi connectivity index (χ0v) is 8.14. The molecular formula is C11H14O3. The van der Waals surface area contributed by atoms with Crippen LogP contribution in [0.15, 0.2) is 30.3 Å². The van der Waals surface area contributed by atoms with E-state index in [9.17, 15) is 9.90 Å². The van der Waals surface area contributed by atoms with Crippen LogP contribution in [0, 0.1) is 0 Å². The van der Waals surface area contributed by atoms with Crippen molar-refractivity contribution in [3.8, 4) is 0 Å². The van der Waals surface area contributed by atoms with Crippen LogP contribution >= 0.6 is 0 Å². The van der Waals surface area contributed by atoms with Crippen molar-refractivity contribution in [2.45, 2.75) is 19.4 Å². The maximum Gasteiger partial charge on any atom is 0.305 e. The number of benzene rings is 1. The molecule has 0 spiro atoms. The van der Waals surface area contributed by atoms with E-state index in [-0.39, 0.29) is 12.6 Å². The molecule has 1 N–H and O–H groups in total. The van der Waals surface area contributed by atoms with Crippen LogP contribution in [-0.2, 0) is 9.53 Å². The predicted octanol–water partition coefficient (Wildman–Crippen LogP) is 1.67. The van der Waals surface area contributed by atoms with Gasteiger partial charge in [0.15, 0.2) is 0 Å². The summed E-state index contributed by atoms with van der Waals surface area (Å²) in [5.74, 6) is -0.292. The molecule has 3 nitrogen and oxygen atoms in total. The van der Waals surface area contributed by atoms with Crippen LogP contribution in [0.5, 0.6) is 0 Å². The first-order valence-corrected chi connectivity index (χ1v) is 4.62. The van der Waals surface area contributed by atoms with Crippen molar-refractivity contribution in [3.63, 3.8) is 0 Å². The van der Waals surface area contributed by atoms with Gasteiger partial charge in [-0.25, -0.2) is 0 Å². The fourth-order valence-corrected chi connectivity index (χ4v) is 1.05. The van der Waals surface area contributed by atoms with Gasteiger partial charge < -0.3 is 9.84 Å². The number of hydrogen-bond acceptors (Lipinski definition) is 3. The largest absolute Gasteiger partial charge is 0.463 e. The monoisotopic (exact) mass is 194 g/mol. The average Bonchev–Trinajstić information content (AvgIpc) is 2.26. The van der Waals surface area contributed by atoms with E-state index in [0.717, 1.165) is 5.56 Å². The molecule has 0 fully saturated rings. The van der Waals surface area contributed by atoms with Gasteiger partial charge in [-0.1, -0.05) is 37.3 Å². The lowest BCUT2D eigenvalue weighted by atomic mass is 10.1. The lowest BCUT2D eigenvalue weighted by molar-refractivity contribution is -0.146. The molecule has 0 aliphatic heterocycles. The Labute approximate surface area is 83.3 Å². The molecule has 1 aromatic carbocycles. The van der Waals surface area contributed by atoms with Crippen LogP contribution in [0.2, 0.25) is 0 Å². The van der Waals surface area contributed by atoms with Gasteiger partial charge in [0.05, 0.1) is 0 Å². The van der Waals surface area contributed by atoms with Crippen molar-refractivity contribution in [1.29, 1.82) is 0 Å². The SMILES string of the molecule is CCC(=O)OC[C@H](O)c1ccccc1. The van der Waals surface area contributed by atoms with Crippen LogP contribution in [0.4, 0.5) is 0 Å². The summed E-state index contributed by atoms with van der Waals surface area (Å²) in [6, 6.07) is 9.13. The molecule has 76 valence electrons. The van der Waals surface area contributed by atoms with E-state index in [0.29, 0.717) is 6.42 Å². The van der Waals surface area contributed by atoms with Gasteiger partial charge in [0.2, 0.25) is 0 Å². The Morgan fingerprint density at radius 1 is 1.43 bits per heavy atom. The molecule has 0 aliphatic carbocycles. The minimum Gasteiger partial charge on any atom is -0.463 e. The predicted molar refractivity (Wildman–Crippen MR) is 52.7 cm³/mol. The highest BCUT2D eigenvalue weighted by Gasteiger charge is 2.08. The second-order valence-electron chi connectivity index (χ2n) is 2.96. The smallest absolute Gasteiger partial charge is 0.305 e. The van der Waals surface area contributed by atoms with Crippen LogP contribution in [0.25, 0.3) is 0 Å². The number of carbonyl (C=O) groups excluding carboxylic acids is 1. The summed E-state index contributed by atoms with van der Waals surface area (Å²) in [5.41, 5.74) is 0.761. The molecule has 14 heavy (non-hydrogen) atoms. The maximum absolute atomic E-state index is 10.8. The van der Waals surface area contributed by atoms with E-state index in [1.807, 2.05) is 18.2 Å². The zero-order chi connectivity index (χ0) is 10.4. The van der Waals surface area contributed by atoms with Gasteiger partial charge in [-0.05, 0) is 5.56 Å². The van der Waals surface area contributed by atoms with Gasteiger partial charge >= 0.3 is 5.97 Å². The minimum atomic E-state index is -0.730. The van der Waals surface area contributed by atoms with E-state index in [2.05, 4.69) is 0 Å². The molecular weight excluding hydrogens is 180 g/mol. The lowest BCUT2D eigenvalue weighted by Gasteiger charge is -2.10. The number of aliphatic hydroxyl groups excluding tert-OH is 1. The molecule has 0 amide bonds. The first-order chi connectivity index (χ1) is 6.74. The molecule has 1 rings (SSSR count). The Bertz CT molecular complexity index is 282. The molecule has 0 aliphatic rings. The molecule has 0 bridgehead atoms. The molecule has 0 saturated carbocycles. The first kappa shape index (κ1) is 10.7. The second-order valence-corrected chi connectivity index (χ2v) is 2.96. The third-order valence-electron chi connectivity index (χ3n) is 1.88. The molecule has 3 heteroatoms. The fourth-order valence-electron chi connectivity index (χ4n) is 1.05. The summed E-state index contributed by atoms with van der Waals surface area (Å²) in [6.07, 6.45) is -0.395. The Balaban J connectivity index is 2.43. The highest BCUT2D eigenvalue weighted by molar-refractivity contribution is 5.68. The van der Waals surface area contributed by atoms with Gasteiger partial charge in [0.1, 0.15) is 12.7 Å². The summed E-state index contributed by atoms with van der Waals surface area (Å²) >= 11 is 0. The molecule has 0 heterocycles. The summed E-state index contributed by atoms with van der Waals surface area (Å²) in [6.45, 7) is 1.74. The number of rotatable bonds is 4. The summed E-state index contributed by atoms with van der Waals surface area (Å²) in [7, 11) is 0. The van der Waals surface area contributed by atoms with E-state index in [1.54, 1.807) is 19.1 Å².